The summed E-state index contributed by atoms with van der Waals surface area (Å²) in [6.45, 7) is 5.53. The lowest BCUT2D eigenvalue weighted by Crippen LogP contribution is -2.34. The Bertz CT molecular complexity index is 593. The van der Waals surface area contributed by atoms with Crippen molar-refractivity contribution in [2.45, 2.75) is 26.8 Å². The number of carbonyl (C=O) groups excluding carboxylic acids is 1. The molecule has 0 spiro atoms. The summed E-state index contributed by atoms with van der Waals surface area (Å²) >= 11 is 0. The van der Waals surface area contributed by atoms with Crippen molar-refractivity contribution in [2.24, 2.45) is 11.7 Å². The van der Waals surface area contributed by atoms with Gasteiger partial charge in [0.05, 0.1) is 5.92 Å². The predicted molar refractivity (Wildman–Crippen MR) is 75.9 cm³/mol. The number of rotatable bonds is 4. The fraction of sp³-hybridized carbons (Fsp3) is 0.357. The number of benzene rings is 1. The van der Waals surface area contributed by atoms with E-state index in [1.807, 2.05) is 32.0 Å². The molecule has 0 aliphatic rings. The second-order valence-corrected chi connectivity index (χ2v) is 4.91. The Morgan fingerprint density at radius 1 is 1.40 bits per heavy atom. The molecule has 0 bridgehead atoms. The Morgan fingerprint density at radius 2 is 2.15 bits per heavy atom. The number of carbonyl (C=O) groups is 1. The molecule has 1 amide bonds. The molecular formula is C14H18N4O2. The maximum atomic E-state index is 12.1. The van der Waals surface area contributed by atoms with Crippen LogP contribution in [0, 0.1) is 12.8 Å². The molecule has 0 radical (unpaired) electrons. The van der Waals surface area contributed by atoms with Crippen LogP contribution in [-0.4, -0.2) is 22.1 Å². The highest BCUT2D eigenvalue weighted by Gasteiger charge is 2.18. The largest absolute Gasteiger partial charge is 0.423 e. The number of anilines is 1. The van der Waals surface area contributed by atoms with Crippen LogP contribution in [0.4, 0.5) is 5.69 Å². The molecule has 2 atom stereocenters. The molecule has 0 aliphatic carbocycles. The average molecular weight is 274 g/mol. The molecule has 1 aromatic heterocycles. The van der Waals surface area contributed by atoms with Gasteiger partial charge in [-0.25, -0.2) is 0 Å². The number of hydrogen-bond donors (Lipinski definition) is 2. The quantitative estimate of drug-likeness (QED) is 0.888. The zero-order chi connectivity index (χ0) is 14.7. The van der Waals surface area contributed by atoms with E-state index in [0.717, 1.165) is 16.8 Å². The van der Waals surface area contributed by atoms with Gasteiger partial charge in [0.2, 0.25) is 18.2 Å². The molecule has 0 fully saturated rings. The molecule has 2 aromatic rings. The normalized spacial score (nSPS) is 13.8. The van der Waals surface area contributed by atoms with Gasteiger partial charge in [-0.15, -0.1) is 10.2 Å². The van der Waals surface area contributed by atoms with Crippen LogP contribution in [0.1, 0.15) is 19.4 Å². The number of nitrogens with two attached hydrogens (primary N) is 1. The second kappa shape index (κ2) is 5.83. The van der Waals surface area contributed by atoms with Crippen molar-refractivity contribution in [1.29, 1.82) is 0 Å². The van der Waals surface area contributed by atoms with Crippen LogP contribution in [0.3, 0.4) is 0 Å². The fourth-order valence-corrected chi connectivity index (χ4v) is 1.67. The molecule has 6 nitrogen and oxygen atoms in total. The monoisotopic (exact) mass is 274 g/mol. The first-order valence-corrected chi connectivity index (χ1v) is 6.42. The van der Waals surface area contributed by atoms with Crippen LogP contribution in [-0.2, 0) is 4.79 Å². The molecule has 2 unspecified atom stereocenters. The van der Waals surface area contributed by atoms with Crippen molar-refractivity contribution in [1.82, 2.24) is 10.2 Å². The Labute approximate surface area is 117 Å². The summed E-state index contributed by atoms with van der Waals surface area (Å²) in [5, 5.41) is 10.4. The van der Waals surface area contributed by atoms with Gasteiger partial charge in [-0.2, -0.15) is 0 Å². The van der Waals surface area contributed by atoms with Crippen molar-refractivity contribution in [3.8, 4) is 11.5 Å². The van der Waals surface area contributed by atoms with E-state index in [-0.39, 0.29) is 17.9 Å². The average Bonchev–Trinajstić information content (AvgIpc) is 2.94. The lowest BCUT2D eigenvalue weighted by atomic mass is 10.0. The fourth-order valence-electron chi connectivity index (χ4n) is 1.67. The molecule has 20 heavy (non-hydrogen) atoms. The van der Waals surface area contributed by atoms with Gasteiger partial charge in [-0.1, -0.05) is 13.0 Å². The Kier molecular flexibility index (Phi) is 4.14. The summed E-state index contributed by atoms with van der Waals surface area (Å²) in [5.74, 6) is 0.0491. The smallest absolute Gasteiger partial charge is 0.247 e. The van der Waals surface area contributed by atoms with Gasteiger partial charge < -0.3 is 15.5 Å². The molecule has 0 saturated carbocycles. The van der Waals surface area contributed by atoms with Crippen molar-refractivity contribution < 1.29 is 9.21 Å². The number of nitrogens with zero attached hydrogens (tertiary/aromatic N) is 2. The van der Waals surface area contributed by atoms with Crippen molar-refractivity contribution in [2.75, 3.05) is 5.32 Å². The summed E-state index contributed by atoms with van der Waals surface area (Å²) in [6, 6.07) is 5.38. The van der Waals surface area contributed by atoms with E-state index in [9.17, 15) is 4.79 Å². The molecule has 0 saturated heterocycles. The summed E-state index contributed by atoms with van der Waals surface area (Å²) < 4.78 is 5.15. The van der Waals surface area contributed by atoms with Crippen molar-refractivity contribution in [3.63, 3.8) is 0 Å². The standard InChI is InChI=1S/C14H18N4O2/c1-8-4-5-11(14-18-16-7-20-14)6-12(8)17-13(19)9(2)10(3)15/h4-7,9-10H,15H2,1-3H3,(H,17,19). The Morgan fingerprint density at radius 3 is 2.75 bits per heavy atom. The third-order valence-electron chi connectivity index (χ3n) is 3.30. The van der Waals surface area contributed by atoms with E-state index in [0.29, 0.717) is 5.89 Å². The zero-order valence-corrected chi connectivity index (χ0v) is 11.8. The third kappa shape index (κ3) is 3.03. The van der Waals surface area contributed by atoms with E-state index in [1.54, 1.807) is 6.92 Å². The highest BCUT2D eigenvalue weighted by molar-refractivity contribution is 5.94. The number of hydrogen-bond acceptors (Lipinski definition) is 5. The Hall–Kier alpha value is -2.21. The molecule has 1 aromatic carbocycles. The minimum Gasteiger partial charge on any atom is -0.423 e. The van der Waals surface area contributed by atoms with Crippen molar-refractivity contribution >= 4 is 11.6 Å². The maximum Gasteiger partial charge on any atom is 0.247 e. The van der Waals surface area contributed by atoms with Gasteiger partial charge >= 0.3 is 0 Å². The van der Waals surface area contributed by atoms with E-state index in [4.69, 9.17) is 10.2 Å². The van der Waals surface area contributed by atoms with Crippen LogP contribution in [0.5, 0.6) is 0 Å². The highest BCUT2D eigenvalue weighted by atomic mass is 16.4. The van der Waals surface area contributed by atoms with Gasteiger partial charge in [0.1, 0.15) is 0 Å². The van der Waals surface area contributed by atoms with Gasteiger partial charge in [0.15, 0.2) is 0 Å². The molecule has 0 aliphatic heterocycles. The SMILES string of the molecule is Cc1ccc(-c2nnco2)cc1NC(=O)C(C)C(C)N. The minimum atomic E-state index is -0.263. The van der Waals surface area contributed by atoms with Crippen LogP contribution >= 0.6 is 0 Å². The second-order valence-electron chi connectivity index (χ2n) is 4.91. The topological polar surface area (TPSA) is 94.0 Å². The van der Waals surface area contributed by atoms with Gasteiger partial charge in [-0.05, 0) is 31.5 Å². The molecule has 2 rings (SSSR count). The first kappa shape index (κ1) is 14.2. The van der Waals surface area contributed by atoms with Gasteiger partial charge in [0.25, 0.3) is 0 Å². The van der Waals surface area contributed by atoms with E-state index in [2.05, 4.69) is 15.5 Å². The Balaban J connectivity index is 2.24. The zero-order valence-electron chi connectivity index (χ0n) is 11.8. The third-order valence-corrected chi connectivity index (χ3v) is 3.30. The highest BCUT2D eigenvalue weighted by Crippen LogP contribution is 2.24. The van der Waals surface area contributed by atoms with Crippen LogP contribution in [0.2, 0.25) is 0 Å². The maximum absolute atomic E-state index is 12.1. The summed E-state index contributed by atoms with van der Waals surface area (Å²) in [7, 11) is 0. The van der Waals surface area contributed by atoms with E-state index >= 15 is 0 Å². The molecule has 1 heterocycles. The number of amides is 1. The number of nitrogens with one attached hydrogen (secondary N) is 1. The number of aryl methyl sites for hydroxylation is 1. The van der Waals surface area contributed by atoms with Crippen LogP contribution in [0.25, 0.3) is 11.5 Å². The van der Waals surface area contributed by atoms with Gasteiger partial charge in [-0.3, -0.25) is 4.79 Å². The summed E-state index contributed by atoms with van der Waals surface area (Å²) in [5.41, 5.74) is 8.18. The first-order chi connectivity index (χ1) is 9.49. The van der Waals surface area contributed by atoms with E-state index < -0.39 is 0 Å². The molecule has 106 valence electrons. The summed E-state index contributed by atoms with van der Waals surface area (Å²) in [4.78, 5) is 12.1. The molecular weight excluding hydrogens is 256 g/mol. The van der Waals surface area contributed by atoms with Crippen LogP contribution in [0.15, 0.2) is 29.0 Å². The molecule has 3 N–H and O–H groups in total. The minimum absolute atomic E-state index is 0.106. The number of aromatic nitrogens is 2. The van der Waals surface area contributed by atoms with Gasteiger partial charge in [0, 0.05) is 17.3 Å². The first-order valence-electron chi connectivity index (χ1n) is 6.42. The van der Waals surface area contributed by atoms with E-state index in [1.165, 1.54) is 6.39 Å². The summed E-state index contributed by atoms with van der Waals surface area (Å²) in [6.07, 6.45) is 1.27. The molecule has 6 heteroatoms. The van der Waals surface area contributed by atoms with Crippen molar-refractivity contribution in [3.05, 3.63) is 30.2 Å². The lowest BCUT2D eigenvalue weighted by Gasteiger charge is -2.16. The predicted octanol–water partition coefficient (Wildman–Crippen LogP) is 1.97. The van der Waals surface area contributed by atoms with Crippen LogP contribution < -0.4 is 11.1 Å². The lowest BCUT2D eigenvalue weighted by molar-refractivity contribution is -0.119.